The van der Waals surface area contributed by atoms with Crippen LogP contribution in [0.4, 0.5) is 0 Å². The van der Waals surface area contributed by atoms with Crippen LogP contribution < -0.4 is 0 Å². The second-order valence-electron chi connectivity index (χ2n) is 4.64. The van der Waals surface area contributed by atoms with E-state index in [-0.39, 0.29) is 0 Å². The molecule has 2 aliphatic rings. The summed E-state index contributed by atoms with van der Waals surface area (Å²) in [5.74, 6) is -0.133. The molecule has 19 heavy (non-hydrogen) atoms. The molecule has 0 unspecified atom stereocenters. The van der Waals surface area contributed by atoms with Gasteiger partial charge in [-0.15, -0.1) is 0 Å². The topological polar surface area (TPSA) is 18.5 Å². The first kappa shape index (κ1) is 11.1. The summed E-state index contributed by atoms with van der Waals surface area (Å²) in [6.45, 7) is 4.33. The van der Waals surface area contributed by atoms with Gasteiger partial charge in [0.05, 0.1) is 0 Å². The van der Waals surface area contributed by atoms with Gasteiger partial charge in [-0.25, -0.2) is 0 Å². The van der Waals surface area contributed by atoms with Gasteiger partial charge in [-0.1, -0.05) is 54.7 Å². The maximum Gasteiger partial charge on any atom is 0.266 e. The van der Waals surface area contributed by atoms with Crippen LogP contribution in [0.3, 0.4) is 0 Å². The first-order chi connectivity index (χ1) is 9.29. The molecular formula is C16H12O2S. The van der Waals surface area contributed by atoms with Crippen molar-refractivity contribution >= 4 is 11.8 Å². The molecule has 1 saturated heterocycles. The summed E-state index contributed by atoms with van der Waals surface area (Å²) in [6.07, 6.45) is 0. The van der Waals surface area contributed by atoms with Crippen LogP contribution in [0.1, 0.15) is 11.1 Å². The zero-order chi connectivity index (χ0) is 12.9. The Morgan fingerprint density at radius 3 is 2.05 bits per heavy atom. The molecule has 3 heteroatoms. The van der Waals surface area contributed by atoms with E-state index in [1.54, 1.807) is 11.8 Å². The van der Waals surface area contributed by atoms with E-state index in [1.165, 1.54) is 9.79 Å². The predicted octanol–water partition coefficient (Wildman–Crippen LogP) is 3.91. The monoisotopic (exact) mass is 268 g/mol. The van der Waals surface area contributed by atoms with Gasteiger partial charge >= 0.3 is 0 Å². The fourth-order valence-corrected chi connectivity index (χ4v) is 3.78. The minimum atomic E-state index is -0.810. The SMILES string of the molecule is C=C1COC2(O1)c1ccccc1Sc1ccccc12. The minimum Gasteiger partial charge on any atom is -0.456 e. The van der Waals surface area contributed by atoms with Gasteiger partial charge in [0.2, 0.25) is 0 Å². The second-order valence-corrected chi connectivity index (χ2v) is 5.72. The fraction of sp³-hybridized carbons (Fsp3) is 0.125. The lowest BCUT2D eigenvalue weighted by atomic mass is 9.96. The highest BCUT2D eigenvalue weighted by molar-refractivity contribution is 7.99. The molecule has 0 N–H and O–H groups in total. The first-order valence-electron chi connectivity index (χ1n) is 6.17. The molecule has 4 rings (SSSR count). The third-order valence-corrected chi connectivity index (χ3v) is 4.58. The van der Waals surface area contributed by atoms with Gasteiger partial charge in [0.15, 0.2) is 0 Å². The molecule has 0 bridgehead atoms. The number of benzene rings is 2. The van der Waals surface area contributed by atoms with Crippen molar-refractivity contribution in [2.24, 2.45) is 0 Å². The molecule has 0 radical (unpaired) electrons. The van der Waals surface area contributed by atoms with E-state index in [1.807, 2.05) is 24.3 Å². The van der Waals surface area contributed by atoms with Crippen molar-refractivity contribution in [1.82, 2.24) is 0 Å². The van der Waals surface area contributed by atoms with Crippen LogP contribution in [0.2, 0.25) is 0 Å². The van der Waals surface area contributed by atoms with Gasteiger partial charge in [-0.2, -0.15) is 0 Å². The molecule has 0 atom stereocenters. The van der Waals surface area contributed by atoms with Crippen molar-refractivity contribution in [3.8, 4) is 0 Å². The molecule has 0 aromatic heterocycles. The van der Waals surface area contributed by atoms with E-state index in [2.05, 4.69) is 30.8 Å². The van der Waals surface area contributed by atoms with E-state index in [9.17, 15) is 0 Å². The minimum absolute atomic E-state index is 0.438. The molecule has 2 nitrogen and oxygen atoms in total. The Morgan fingerprint density at radius 2 is 1.53 bits per heavy atom. The molecule has 1 spiro atoms. The molecule has 0 amide bonds. The molecule has 2 aromatic rings. The van der Waals surface area contributed by atoms with Crippen molar-refractivity contribution in [2.45, 2.75) is 15.6 Å². The Labute approximate surface area is 116 Å². The van der Waals surface area contributed by atoms with Gasteiger partial charge in [0.25, 0.3) is 5.79 Å². The van der Waals surface area contributed by atoms with E-state index in [0.717, 1.165) is 11.1 Å². The van der Waals surface area contributed by atoms with E-state index in [0.29, 0.717) is 12.4 Å². The van der Waals surface area contributed by atoms with Crippen LogP contribution >= 0.6 is 11.8 Å². The Balaban J connectivity index is 2.01. The highest BCUT2D eigenvalue weighted by Crippen LogP contribution is 2.53. The van der Waals surface area contributed by atoms with Crippen LogP contribution in [0, 0.1) is 0 Å². The summed E-state index contributed by atoms with van der Waals surface area (Å²) in [5.41, 5.74) is 2.13. The standard InChI is InChI=1S/C16H12O2S/c1-11-10-17-16(18-11)12-6-2-4-8-14(12)19-15-9-5-3-7-13(15)16/h2-9H,1,10H2. The van der Waals surface area contributed by atoms with Crippen molar-refractivity contribution in [1.29, 1.82) is 0 Å². The summed E-state index contributed by atoms with van der Waals surface area (Å²) in [6, 6.07) is 16.4. The highest BCUT2D eigenvalue weighted by atomic mass is 32.2. The summed E-state index contributed by atoms with van der Waals surface area (Å²) in [7, 11) is 0. The Kier molecular flexibility index (Phi) is 2.28. The number of fused-ring (bicyclic) bond motifs is 4. The van der Waals surface area contributed by atoms with Gasteiger partial charge in [0.1, 0.15) is 12.4 Å². The van der Waals surface area contributed by atoms with Gasteiger partial charge in [0, 0.05) is 20.9 Å². The van der Waals surface area contributed by atoms with Crippen LogP contribution in [0.25, 0.3) is 0 Å². The van der Waals surface area contributed by atoms with E-state index in [4.69, 9.17) is 9.47 Å². The van der Waals surface area contributed by atoms with Crippen LogP contribution in [-0.2, 0) is 15.3 Å². The molecule has 0 aliphatic carbocycles. The highest BCUT2D eigenvalue weighted by Gasteiger charge is 2.48. The van der Waals surface area contributed by atoms with Gasteiger partial charge in [-0.3, -0.25) is 0 Å². The summed E-state index contributed by atoms with van der Waals surface area (Å²) >= 11 is 1.75. The largest absolute Gasteiger partial charge is 0.456 e. The van der Waals surface area contributed by atoms with E-state index < -0.39 is 5.79 Å². The number of hydrogen-bond acceptors (Lipinski definition) is 3. The van der Waals surface area contributed by atoms with Crippen LogP contribution in [0.5, 0.6) is 0 Å². The fourth-order valence-electron chi connectivity index (χ4n) is 2.63. The van der Waals surface area contributed by atoms with Crippen molar-refractivity contribution in [3.05, 3.63) is 72.0 Å². The maximum atomic E-state index is 6.01. The number of ether oxygens (including phenoxy) is 2. The first-order valence-corrected chi connectivity index (χ1v) is 6.99. The Hall–Kier alpha value is -1.71. The van der Waals surface area contributed by atoms with Crippen molar-refractivity contribution in [2.75, 3.05) is 6.61 Å². The van der Waals surface area contributed by atoms with E-state index >= 15 is 0 Å². The summed E-state index contributed by atoms with van der Waals surface area (Å²) < 4.78 is 12.0. The molecule has 2 aromatic carbocycles. The smallest absolute Gasteiger partial charge is 0.266 e. The number of hydrogen-bond donors (Lipinski definition) is 0. The lowest BCUT2D eigenvalue weighted by molar-refractivity contribution is -0.125. The second kappa shape index (κ2) is 3.89. The summed E-state index contributed by atoms with van der Waals surface area (Å²) in [5, 5.41) is 0. The molecule has 0 saturated carbocycles. The average Bonchev–Trinajstić information content (AvgIpc) is 2.82. The normalized spacial score (nSPS) is 18.8. The lowest BCUT2D eigenvalue weighted by Gasteiger charge is -2.34. The molecule has 94 valence electrons. The lowest BCUT2D eigenvalue weighted by Crippen LogP contribution is -2.31. The van der Waals surface area contributed by atoms with Crippen molar-refractivity contribution < 1.29 is 9.47 Å². The van der Waals surface area contributed by atoms with Crippen LogP contribution in [-0.4, -0.2) is 6.61 Å². The van der Waals surface area contributed by atoms with Gasteiger partial charge in [-0.05, 0) is 12.1 Å². The zero-order valence-electron chi connectivity index (χ0n) is 10.3. The molecular weight excluding hydrogens is 256 g/mol. The summed E-state index contributed by atoms with van der Waals surface area (Å²) in [4.78, 5) is 2.35. The molecule has 1 fully saturated rings. The predicted molar refractivity (Wildman–Crippen MR) is 74.0 cm³/mol. The van der Waals surface area contributed by atoms with Crippen molar-refractivity contribution in [3.63, 3.8) is 0 Å². The third-order valence-electron chi connectivity index (χ3n) is 3.43. The Bertz CT molecular complexity index is 632. The maximum absolute atomic E-state index is 6.01. The molecule has 2 heterocycles. The van der Waals surface area contributed by atoms with Crippen LogP contribution in [0.15, 0.2) is 70.7 Å². The number of rotatable bonds is 0. The zero-order valence-corrected chi connectivity index (χ0v) is 11.1. The molecule has 2 aliphatic heterocycles. The Morgan fingerprint density at radius 1 is 0.947 bits per heavy atom. The average molecular weight is 268 g/mol. The van der Waals surface area contributed by atoms with Gasteiger partial charge < -0.3 is 9.47 Å². The third kappa shape index (κ3) is 1.49. The quantitative estimate of drug-likeness (QED) is 0.721.